The highest BCUT2D eigenvalue weighted by Crippen LogP contribution is 2.18. The van der Waals surface area contributed by atoms with Gasteiger partial charge in [0.2, 0.25) is 0 Å². The number of carbonyl (C=O) groups is 1. The predicted molar refractivity (Wildman–Crippen MR) is 95.5 cm³/mol. The van der Waals surface area contributed by atoms with Gasteiger partial charge in [0.1, 0.15) is 0 Å². The van der Waals surface area contributed by atoms with E-state index in [1.807, 2.05) is 38.1 Å². The van der Waals surface area contributed by atoms with Gasteiger partial charge in [0.05, 0.1) is 12.0 Å². The quantitative estimate of drug-likeness (QED) is 0.709. The zero-order valence-corrected chi connectivity index (χ0v) is 14.0. The second-order valence-electron chi connectivity index (χ2n) is 5.54. The highest BCUT2D eigenvalue weighted by Gasteiger charge is 2.09. The van der Waals surface area contributed by atoms with Crippen molar-refractivity contribution in [1.29, 1.82) is 0 Å². The number of nitrogens with one attached hydrogen (secondary N) is 2. The van der Waals surface area contributed by atoms with E-state index in [2.05, 4.69) is 10.6 Å². The van der Waals surface area contributed by atoms with Crippen molar-refractivity contribution in [3.05, 3.63) is 59.2 Å². The van der Waals surface area contributed by atoms with Gasteiger partial charge in [-0.15, -0.1) is 11.6 Å². The molecule has 122 valence electrons. The van der Waals surface area contributed by atoms with Crippen LogP contribution >= 0.6 is 11.6 Å². The van der Waals surface area contributed by atoms with Crippen molar-refractivity contribution >= 4 is 28.9 Å². The molecule has 23 heavy (non-hydrogen) atoms. The molecule has 0 aliphatic rings. The third-order valence-electron chi connectivity index (χ3n) is 3.47. The van der Waals surface area contributed by atoms with Gasteiger partial charge in [-0.05, 0) is 43.7 Å². The fourth-order valence-electron chi connectivity index (χ4n) is 2.21. The number of benzene rings is 2. The molecule has 2 aromatic carbocycles. The van der Waals surface area contributed by atoms with Gasteiger partial charge >= 0.3 is 0 Å². The number of anilines is 2. The minimum absolute atomic E-state index is 0.167. The van der Waals surface area contributed by atoms with Crippen molar-refractivity contribution in [2.75, 3.05) is 23.1 Å². The molecule has 1 amide bonds. The number of hydrogen-bond donors (Lipinski definition) is 3. The van der Waals surface area contributed by atoms with E-state index >= 15 is 0 Å². The minimum atomic E-state index is -0.621. The van der Waals surface area contributed by atoms with Crippen LogP contribution in [0.25, 0.3) is 0 Å². The molecule has 2 aromatic rings. The van der Waals surface area contributed by atoms with Crippen molar-refractivity contribution in [3.8, 4) is 0 Å². The van der Waals surface area contributed by atoms with Crippen molar-refractivity contribution < 1.29 is 9.90 Å². The van der Waals surface area contributed by atoms with Crippen LogP contribution in [0.4, 0.5) is 11.4 Å². The molecular weight excluding hydrogens is 312 g/mol. The van der Waals surface area contributed by atoms with Gasteiger partial charge in [-0.3, -0.25) is 4.79 Å². The molecule has 5 heteroatoms. The number of halogens is 1. The second kappa shape index (κ2) is 7.99. The highest BCUT2D eigenvalue weighted by atomic mass is 35.5. The lowest BCUT2D eigenvalue weighted by atomic mass is 10.1. The summed E-state index contributed by atoms with van der Waals surface area (Å²) in [6.45, 7) is 4.32. The fourth-order valence-corrected chi connectivity index (χ4v) is 2.32. The Labute approximate surface area is 141 Å². The third-order valence-corrected chi connectivity index (χ3v) is 3.83. The van der Waals surface area contributed by atoms with Gasteiger partial charge in [-0.1, -0.05) is 23.8 Å². The van der Waals surface area contributed by atoms with Crippen LogP contribution in [0.3, 0.4) is 0 Å². The summed E-state index contributed by atoms with van der Waals surface area (Å²) in [5.41, 5.74) is 4.30. The highest BCUT2D eigenvalue weighted by molar-refractivity contribution is 6.18. The first-order valence-electron chi connectivity index (χ1n) is 7.46. The number of alkyl halides is 1. The topological polar surface area (TPSA) is 61.4 Å². The summed E-state index contributed by atoms with van der Waals surface area (Å²) in [6.07, 6.45) is -0.621. The van der Waals surface area contributed by atoms with Gasteiger partial charge in [0.15, 0.2) is 0 Å². The molecule has 0 saturated carbocycles. The van der Waals surface area contributed by atoms with Crippen LogP contribution in [0.15, 0.2) is 42.5 Å². The van der Waals surface area contributed by atoms with Gasteiger partial charge in [-0.25, -0.2) is 0 Å². The second-order valence-corrected chi connectivity index (χ2v) is 5.85. The van der Waals surface area contributed by atoms with E-state index in [0.29, 0.717) is 12.1 Å². The van der Waals surface area contributed by atoms with Crippen molar-refractivity contribution in [3.63, 3.8) is 0 Å². The molecule has 1 atom stereocenters. The van der Waals surface area contributed by atoms with Crippen LogP contribution in [0.5, 0.6) is 0 Å². The lowest BCUT2D eigenvalue weighted by molar-refractivity contribution is 0.102. The van der Waals surface area contributed by atoms with Gasteiger partial charge < -0.3 is 15.7 Å². The number of aryl methyl sites for hydroxylation is 2. The van der Waals surface area contributed by atoms with Gasteiger partial charge in [0, 0.05) is 23.5 Å². The maximum Gasteiger partial charge on any atom is 0.255 e. The Bertz CT molecular complexity index is 688. The zero-order chi connectivity index (χ0) is 16.8. The Kier molecular flexibility index (Phi) is 6.02. The number of aliphatic hydroxyl groups is 1. The molecule has 0 heterocycles. The Morgan fingerprint density at radius 2 is 2.00 bits per heavy atom. The zero-order valence-electron chi connectivity index (χ0n) is 13.3. The van der Waals surface area contributed by atoms with E-state index in [1.54, 1.807) is 18.2 Å². The molecule has 0 radical (unpaired) electrons. The average molecular weight is 333 g/mol. The number of aliphatic hydroxyl groups excluding tert-OH is 1. The van der Waals surface area contributed by atoms with Crippen LogP contribution in [0.2, 0.25) is 0 Å². The standard InChI is InChI=1S/C18H21ClN2O2/c1-12-6-7-17(13(2)8-12)21-18(23)14-4-3-5-15(9-14)20-11-16(22)10-19/h3-9,16,20,22H,10-11H2,1-2H3,(H,21,23). The van der Waals surface area contributed by atoms with Gasteiger partial charge in [-0.2, -0.15) is 0 Å². The Balaban J connectivity index is 2.07. The van der Waals surface area contributed by atoms with Crippen LogP contribution < -0.4 is 10.6 Å². The molecule has 0 fully saturated rings. The molecular formula is C18H21ClN2O2. The SMILES string of the molecule is Cc1ccc(NC(=O)c2cccc(NCC(O)CCl)c2)c(C)c1. The summed E-state index contributed by atoms with van der Waals surface area (Å²) in [6, 6.07) is 13.0. The lowest BCUT2D eigenvalue weighted by Crippen LogP contribution is -2.21. The smallest absolute Gasteiger partial charge is 0.255 e. The van der Waals surface area contributed by atoms with Crippen molar-refractivity contribution in [1.82, 2.24) is 0 Å². The molecule has 0 saturated heterocycles. The molecule has 1 unspecified atom stereocenters. The lowest BCUT2D eigenvalue weighted by Gasteiger charge is -2.12. The van der Waals surface area contributed by atoms with E-state index in [0.717, 1.165) is 22.5 Å². The molecule has 0 aromatic heterocycles. The molecule has 3 N–H and O–H groups in total. The summed E-state index contributed by atoms with van der Waals surface area (Å²) in [5, 5.41) is 15.5. The van der Waals surface area contributed by atoms with Crippen molar-refractivity contribution in [2.24, 2.45) is 0 Å². The number of carbonyl (C=O) groups excluding carboxylic acids is 1. The summed E-state index contributed by atoms with van der Waals surface area (Å²) < 4.78 is 0. The number of amides is 1. The Morgan fingerprint density at radius 1 is 1.22 bits per heavy atom. The maximum atomic E-state index is 12.4. The third kappa shape index (κ3) is 4.98. The van der Waals surface area contributed by atoms with E-state index < -0.39 is 6.10 Å². The molecule has 4 nitrogen and oxygen atoms in total. The van der Waals surface area contributed by atoms with Crippen LogP contribution in [0, 0.1) is 13.8 Å². The fraction of sp³-hybridized carbons (Fsp3) is 0.278. The van der Waals surface area contributed by atoms with E-state index in [9.17, 15) is 9.90 Å². The van der Waals surface area contributed by atoms with Crippen molar-refractivity contribution in [2.45, 2.75) is 20.0 Å². The predicted octanol–water partition coefficient (Wildman–Crippen LogP) is 3.57. The number of rotatable bonds is 6. The van der Waals surface area contributed by atoms with Crippen LogP contribution in [-0.4, -0.2) is 29.5 Å². The summed E-state index contributed by atoms with van der Waals surface area (Å²) >= 11 is 5.56. The van der Waals surface area contributed by atoms with E-state index in [1.165, 1.54) is 0 Å². The summed E-state index contributed by atoms with van der Waals surface area (Å²) in [4.78, 5) is 12.4. The Hall–Kier alpha value is -2.04. The van der Waals surface area contributed by atoms with Gasteiger partial charge in [0.25, 0.3) is 5.91 Å². The molecule has 0 aliphatic heterocycles. The normalized spacial score (nSPS) is 11.8. The number of hydrogen-bond acceptors (Lipinski definition) is 3. The molecule has 2 rings (SSSR count). The summed E-state index contributed by atoms with van der Waals surface area (Å²) in [7, 11) is 0. The first kappa shape index (κ1) is 17.3. The largest absolute Gasteiger partial charge is 0.390 e. The van der Waals surface area contributed by atoms with Crippen LogP contribution in [0.1, 0.15) is 21.5 Å². The average Bonchev–Trinajstić information content (AvgIpc) is 2.55. The maximum absolute atomic E-state index is 12.4. The molecule has 0 spiro atoms. The Morgan fingerprint density at radius 3 is 2.70 bits per heavy atom. The van der Waals surface area contributed by atoms with Crippen LogP contribution in [-0.2, 0) is 0 Å². The van der Waals surface area contributed by atoms with E-state index in [-0.39, 0.29) is 11.8 Å². The molecule has 0 aliphatic carbocycles. The molecule has 0 bridgehead atoms. The summed E-state index contributed by atoms with van der Waals surface area (Å²) in [5.74, 6) is -0.00152. The first-order valence-corrected chi connectivity index (χ1v) is 7.99. The first-order chi connectivity index (χ1) is 11.0. The monoisotopic (exact) mass is 332 g/mol. The van der Waals surface area contributed by atoms with E-state index in [4.69, 9.17) is 11.6 Å². The minimum Gasteiger partial charge on any atom is -0.390 e.